The number of rotatable bonds is 0. The van der Waals surface area contributed by atoms with Gasteiger partial charge in [-0.2, -0.15) is 0 Å². The van der Waals surface area contributed by atoms with Crippen molar-refractivity contribution in [1.82, 2.24) is 4.90 Å². The Labute approximate surface area is 75.1 Å². The van der Waals surface area contributed by atoms with Crippen LogP contribution in [0.1, 0.15) is 38.5 Å². The van der Waals surface area contributed by atoms with Gasteiger partial charge in [-0.3, -0.25) is 4.90 Å². The summed E-state index contributed by atoms with van der Waals surface area (Å²) in [6, 6.07) is 0.808. The fourth-order valence-corrected chi connectivity index (χ4v) is 2.90. The largest absolute Gasteiger partial charge is 0.316 e. The second-order valence-corrected chi connectivity index (χ2v) is 4.42. The number of nitrogens with zero attached hydrogens (tertiary/aromatic N) is 1. The van der Waals surface area contributed by atoms with E-state index < -0.39 is 0 Å². The Morgan fingerprint density at radius 3 is 2.67 bits per heavy atom. The number of hydrogen-bond donors (Lipinski definition) is 1. The van der Waals surface area contributed by atoms with Crippen LogP contribution < -0.4 is 5.73 Å². The zero-order chi connectivity index (χ0) is 8.55. The first-order valence-corrected chi connectivity index (χ1v) is 5.26. The first-order chi connectivity index (χ1) is 5.79. The van der Waals surface area contributed by atoms with Gasteiger partial charge in [-0.05, 0) is 38.6 Å². The Bertz CT molecular complexity index is 156. The van der Waals surface area contributed by atoms with Crippen molar-refractivity contribution in [3.63, 3.8) is 0 Å². The van der Waals surface area contributed by atoms with E-state index in [1.54, 1.807) is 0 Å². The molecule has 1 heterocycles. The molecule has 2 rings (SSSR count). The summed E-state index contributed by atoms with van der Waals surface area (Å²) in [4.78, 5) is 2.41. The Balaban J connectivity index is 2.03. The van der Waals surface area contributed by atoms with Crippen LogP contribution in [0.4, 0.5) is 0 Å². The standard InChI is InChI=1S/C10H20N2/c1-12-9-5-3-2-4-8(9)6-7-10(12)11/h8-10H,2-7,11H2,1H3. The van der Waals surface area contributed by atoms with Crippen LogP contribution in [-0.4, -0.2) is 24.2 Å². The van der Waals surface area contributed by atoms with Crippen molar-refractivity contribution in [2.24, 2.45) is 11.7 Å². The van der Waals surface area contributed by atoms with Crippen molar-refractivity contribution in [2.75, 3.05) is 7.05 Å². The molecule has 2 heteroatoms. The molecular weight excluding hydrogens is 148 g/mol. The summed E-state index contributed by atoms with van der Waals surface area (Å²) in [6.07, 6.45) is 8.61. The van der Waals surface area contributed by atoms with Crippen LogP contribution in [0.5, 0.6) is 0 Å². The van der Waals surface area contributed by atoms with Crippen LogP contribution >= 0.6 is 0 Å². The van der Waals surface area contributed by atoms with Gasteiger partial charge in [-0.25, -0.2) is 0 Å². The van der Waals surface area contributed by atoms with Crippen LogP contribution in [-0.2, 0) is 0 Å². The van der Waals surface area contributed by atoms with Gasteiger partial charge >= 0.3 is 0 Å². The van der Waals surface area contributed by atoms with Gasteiger partial charge < -0.3 is 5.73 Å². The molecule has 2 fully saturated rings. The summed E-state index contributed by atoms with van der Waals surface area (Å²) in [5, 5.41) is 0. The van der Waals surface area contributed by atoms with E-state index in [1.165, 1.54) is 38.5 Å². The van der Waals surface area contributed by atoms with Crippen molar-refractivity contribution in [2.45, 2.75) is 50.7 Å². The minimum absolute atomic E-state index is 0.337. The summed E-state index contributed by atoms with van der Waals surface area (Å²) < 4.78 is 0. The molecule has 1 saturated heterocycles. The minimum Gasteiger partial charge on any atom is -0.316 e. The van der Waals surface area contributed by atoms with Gasteiger partial charge in [0.05, 0.1) is 6.17 Å². The van der Waals surface area contributed by atoms with Crippen LogP contribution in [0.3, 0.4) is 0 Å². The molecule has 0 bridgehead atoms. The molecule has 3 unspecified atom stereocenters. The SMILES string of the molecule is CN1C(N)CCC2CCCCC21. The van der Waals surface area contributed by atoms with E-state index in [9.17, 15) is 0 Å². The molecule has 0 radical (unpaired) electrons. The lowest BCUT2D eigenvalue weighted by atomic mass is 9.78. The van der Waals surface area contributed by atoms with Crippen LogP contribution in [0.15, 0.2) is 0 Å². The van der Waals surface area contributed by atoms with Crippen LogP contribution in [0.25, 0.3) is 0 Å². The maximum absolute atomic E-state index is 6.01. The molecule has 3 atom stereocenters. The Hall–Kier alpha value is -0.0800. The van der Waals surface area contributed by atoms with E-state index in [-0.39, 0.29) is 0 Å². The number of hydrogen-bond acceptors (Lipinski definition) is 2. The predicted octanol–water partition coefficient (Wildman–Crippen LogP) is 1.56. The van der Waals surface area contributed by atoms with E-state index in [2.05, 4.69) is 11.9 Å². The highest BCUT2D eigenvalue weighted by atomic mass is 15.2. The molecule has 0 amide bonds. The molecule has 12 heavy (non-hydrogen) atoms. The van der Waals surface area contributed by atoms with Gasteiger partial charge in [-0.1, -0.05) is 12.8 Å². The van der Waals surface area contributed by atoms with Crippen molar-refractivity contribution >= 4 is 0 Å². The molecule has 2 nitrogen and oxygen atoms in total. The number of likely N-dealkylation sites (tertiary alicyclic amines) is 1. The number of piperidine rings is 1. The van der Waals surface area contributed by atoms with E-state index >= 15 is 0 Å². The van der Waals surface area contributed by atoms with E-state index in [0.717, 1.165) is 12.0 Å². The van der Waals surface area contributed by atoms with Gasteiger partial charge in [0.2, 0.25) is 0 Å². The van der Waals surface area contributed by atoms with Crippen molar-refractivity contribution in [1.29, 1.82) is 0 Å². The number of fused-ring (bicyclic) bond motifs is 1. The topological polar surface area (TPSA) is 29.3 Å². The maximum atomic E-state index is 6.01. The predicted molar refractivity (Wildman–Crippen MR) is 50.7 cm³/mol. The van der Waals surface area contributed by atoms with E-state index in [0.29, 0.717) is 6.17 Å². The zero-order valence-corrected chi connectivity index (χ0v) is 8.00. The van der Waals surface area contributed by atoms with Crippen molar-refractivity contribution < 1.29 is 0 Å². The summed E-state index contributed by atoms with van der Waals surface area (Å²) >= 11 is 0. The fraction of sp³-hybridized carbons (Fsp3) is 1.00. The third-order valence-corrected chi connectivity index (χ3v) is 3.75. The molecule has 1 aliphatic heterocycles. The van der Waals surface area contributed by atoms with Gasteiger partial charge in [0.25, 0.3) is 0 Å². The average molecular weight is 168 g/mol. The average Bonchev–Trinajstić information content (AvgIpc) is 2.12. The quantitative estimate of drug-likeness (QED) is 0.594. The summed E-state index contributed by atoms with van der Waals surface area (Å²) in [7, 11) is 2.20. The molecule has 0 aromatic rings. The lowest BCUT2D eigenvalue weighted by molar-refractivity contribution is 0.0397. The maximum Gasteiger partial charge on any atom is 0.0571 e. The molecule has 1 aliphatic carbocycles. The van der Waals surface area contributed by atoms with Crippen LogP contribution in [0, 0.1) is 5.92 Å². The monoisotopic (exact) mass is 168 g/mol. The van der Waals surface area contributed by atoms with Gasteiger partial charge in [-0.15, -0.1) is 0 Å². The molecule has 2 aliphatic rings. The Morgan fingerprint density at radius 1 is 1.08 bits per heavy atom. The molecule has 70 valence electrons. The Morgan fingerprint density at radius 2 is 1.83 bits per heavy atom. The van der Waals surface area contributed by atoms with E-state index in [4.69, 9.17) is 5.73 Å². The lowest BCUT2D eigenvalue weighted by Gasteiger charge is -2.45. The highest BCUT2D eigenvalue weighted by molar-refractivity contribution is 4.88. The van der Waals surface area contributed by atoms with Crippen molar-refractivity contribution in [3.8, 4) is 0 Å². The first-order valence-electron chi connectivity index (χ1n) is 5.26. The molecule has 2 N–H and O–H groups in total. The number of nitrogens with two attached hydrogens (primary N) is 1. The molecule has 0 aromatic carbocycles. The van der Waals surface area contributed by atoms with Gasteiger partial charge in [0.15, 0.2) is 0 Å². The minimum atomic E-state index is 0.337. The second-order valence-electron chi connectivity index (χ2n) is 4.42. The normalized spacial score (nSPS) is 44.0. The summed E-state index contributed by atoms with van der Waals surface area (Å²) in [6.45, 7) is 0. The first kappa shape index (κ1) is 8.52. The molecule has 0 aromatic heterocycles. The summed E-state index contributed by atoms with van der Waals surface area (Å²) in [5.74, 6) is 0.962. The highest BCUT2D eigenvalue weighted by Gasteiger charge is 2.34. The third-order valence-electron chi connectivity index (χ3n) is 3.75. The molecular formula is C10H20N2. The molecule has 1 saturated carbocycles. The Kier molecular flexibility index (Phi) is 2.37. The second kappa shape index (κ2) is 3.35. The fourth-order valence-electron chi connectivity index (χ4n) is 2.90. The summed E-state index contributed by atoms with van der Waals surface area (Å²) in [5.41, 5.74) is 6.01. The van der Waals surface area contributed by atoms with Gasteiger partial charge in [0, 0.05) is 6.04 Å². The van der Waals surface area contributed by atoms with Crippen LogP contribution in [0.2, 0.25) is 0 Å². The van der Waals surface area contributed by atoms with Crippen molar-refractivity contribution in [3.05, 3.63) is 0 Å². The smallest absolute Gasteiger partial charge is 0.0571 e. The lowest BCUT2D eigenvalue weighted by Crippen LogP contribution is -2.53. The zero-order valence-electron chi connectivity index (χ0n) is 8.00. The van der Waals surface area contributed by atoms with E-state index in [1.807, 2.05) is 0 Å². The third kappa shape index (κ3) is 1.38. The highest BCUT2D eigenvalue weighted by Crippen LogP contribution is 2.35. The van der Waals surface area contributed by atoms with Gasteiger partial charge in [0.1, 0.15) is 0 Å². The molecule has 0 spiro atoms.